The van der Waals surface area contributed by atoms with Gasteiger partial charge in [-0.1, -0.05) is 18.7 Å². The fraction of sp³-hybridized carbons (Fsp3) is 0.515. The highest BCUT2D eigenvalue weighted by molar-refractivity contribution is 5.99. The van der Waals surface area contributed by atoms with E-state index in [9.17, 15) is 19.2 Å². The number of carbonyl (C=O) groups excluding carboxylic acids is 2. The number of aryl methyl sites for hydroxylation is 1. The third-order valence-electron chi connectivity index (χ3n) is 9.62. The van der Waals surface area contributed by atoms with Crippen LogP contribution in [-0.4, -0.2) is 92.1 Å². The van der Waals surface area contributed by atoms with E-state index < -0.39 is 17.8 Å². The minimum atomic E-state index is -1.01. The molecule has 1 aromatic heterocycles. The molecule has 0 spiro atoms. The van der Waals surface area contributed by atoms with Gasteiger partial charge >= 0.3 is 0 Å². The van der Waals surface area contributed by atoms with Crippen molar-refractivity contribution in [2.75, 3.05) is 68.1 Å². The van der Waals surface area contributed by atoms with Gasteiger partial charge in [0, 0.05) is 63.9 Å². The predicted octanol–water partition coefficient (Wildman–Crippen LogP) is 3.44. The number of nitriles is 1. The zero-order chi connectivity index (χ0) is 31.0. The van der Waals surface area contributed by atoms with Crippen LogP contribution in [0.2, 0.25) is 0 Å². The zero-order valence-electron chi connectivity index (χ0n) is 25.6. The van der Waals surface area contributed by atoms with Crippen molar-refractivity contribution >= 4 is 29.0 Å². The summed E-state index contributed by atoms with van der Waals surface area (Å²) < 4.78 is 20.2. The van der Waals surface area contributed by atoms with Crippen LogP contribution in [0.4, 0.5) is 21.6 Å². The van der Waals surface area contributed by atoms with Crippen LogP contribution in [0.5, 0.6) is 5.88 Å². The Kier molecular flexibility index (Phi) is 8.45. The van der Waals surface area contributed by atoms with Crippen molar-refractivity contribution in [2.45, 2.75) is 57.2 Å². The third kappa shape index (κ3) is 5.71. The zero-order valence-corrected chi connectivity index (χ0v) is 25.6. The molecule has 232 valence electrons. The number of rotatable bonds is 7. The van der Waals surface area contributed by atoms with Crippen LogP contribution in [0.25, 0.3) is 0 Å². The Balaban J connectivity index is 1.33. The topological polar surface area (TPSA) is 96.2 Å². The summed E-state index contributed by atoms with van der Waals surface area (Å²) in [4.78, 5) is 40.2. The molecule has 2 fully saturated rings. The average Bonchev–Trinajstić information content (AvgIpc) is 3.44. The number of nitrogens with zero attached hydrogens (tertiary/aromatic N) is 7. The van der Waals surface area contributed by atoms with Crippen molar-refractivity contribution in [2.24, 2.45) is 0 Å². The molecule has 0 bridgehead atoms. The van der Waals surface area contributed by atoms with Gasteiger partial charge in [-0.3, -0.25) is 9.59 Å². The van der Waals surface area contributed by atoms with Gasteiger partial charge in [-0.25, -0.2) is 4.39 Å². The lowest BCUT2D eigenvalue weighted by molar-refractivity contribution is -0.131. The molecule has 0 saturated carbocycles. The van der Waals surface area contributed by atoms with Gasteiger partial charge in [0.1, 0.15) is 12.4 Å². The van der Waals surface area contributed by atoms with Gasteiger partial charge in [0.15, 0.2) is 5.83 Å². The third-order valence-corrected chi connectivity index (χ3v) is 9.62. The van der Waals surface area contributed by atoms with Crippen molar-refractivity contribution in [1.29, 1.82) is 5.26 Å². The lowest BCUT2D eigenvalue weighted by atomic mass is 9.96. The van der Waals surface area contributed by atoms with Crippen LogP contribution < -0.4 is 19.4 Å². The Bertz CT molecular complexity index is 1510. The SMILES string of the molecule is C=C(F)C(=O)N1CCN(c2nc(OC[C@@H]3CCCN3C)cc3c2CCN(c2cccc4c2N(C)C(=O)CC4)C3)C[C@@H]1CC#N. The molecule has 0 aliphatic carbocycles. The molecule has 0 N–H and O–H groups in total. The Labute approximate surface area is 258 Å². The first-order chi connectivity index (χ1) is 21.2. The van der Waals surface area contributed by atoms with Crippen molar-refractivity contribution in [1.82, 2.24) is 14.8 Å². The summed E-state index contributed by atoms with van der Waals surface area (Å²) in [5.74, 6) is -0.297. The number of piperazine rings is 1. The maximum absolute atomic E-state index is 13.8. The molecule has 2 aromatic rings. The van der Waals surface area contributed by atoms with Crippen LogP contribution >= 0.6 is 0 Å². The first-order valence-electron chi connectivity index (χ1n) is 15.5. The summed E-state index contributed by atoms with van der Waals surface area (Å²) in [5, 5.41) is 9.51. The number of aromatic nitrogens is 1. The monoisotopic (exact) mass is 601 g/mol. The summed E-state index contributed by atoms with van der Waals surface area (Å²) in [5.41, 5.74) is 5.43. The molecule has 44 heavy (non-hydrogen) atoms. The van der Waals surface area contributed by atoms with Crippen molar-refractivity contribution < 1.29 is 18.7 Å². The number of para-hydroxylation sites is 1. The Morgan fingerprint density at radius 2 is 1.95 bits per heavy atom. The van der Waals surface area contributed by atoms with E-state index in [-0.39, 0.29) is 18.9 Å². The summed E-state index contributed by atoms with van der Waals surface area (Å²) in [6.07, 6.45) is 4.31. The quantitative estimate of drug-likeness (QED) is 0.446. The molecule has 0 radical (unpaired) electrons. The number of likely N-dealkylation sites (tertiary alicyclic amines) is 1. The number of benzene rings is 1. The van der Waals surface area contributed by atoms with E-state index in [2.05, 4.69) is 52.6 Å². The first kappa shape index (κ1) is 29.9. The second-order valence-electron chi connectivity index (χ2n) is 12.3. The normalized spacial score (nSPS) is 22.0. The molecule has 6 rings (SSSR count). The van der Waals surface area contributed by atoms with Gasteiger partial charge in [0.05, 0.1) is 29.9 Å². The Morgan fingerprint density at radius 3 is 2.70 bits per heavy atom. The number of hydrogen-bond donors (Lipinski definition) is 0. The maximum atomic E-state index is 13.8. The molecule has 4 aliphatic heterocycles. The highest BCUT2D eigenvalue weighted by atomic mass is 19.1. The molecule has 2 atom stereocenters. The van der Waals surface area contributed by atoms with Gasteiger partial charge in [-0.2, -0.15) is 10.2 Å². The van der Waals surface area contributed by atoms with E-state index in [0.717, 1.165) is 67.1 Å². The summed E-state index contributed by atoms with van der Waals surface area (Å²) in [7, 11) is 3.98. The van der Waals surface area contributed by atoms with E-state index >= 15 is 0 Å². The van der Waals surface area contributed by atoms with Crippen molar-refractivity contribution in [3.05, 3.63) is 53.4 Å². The van der Waals surface area contributed by atoms with Gasteiger partial charge in [0.2, 0.25) is 11.8 Å². The molecule has 4 aliphatic rings. The molecule has 2 amide bonds. The van der Waals surface area contributed by atoms with Crippen molar-refractivity contribution in [3.63, 3.8) is 0 Å². The first-order valence-corrected chi connectivity index (χ1v) is 15.5. The number of anilines is 3. The fourth-order valence-corrected chi connectivity index (χ4v) is 7.15. The number of fused-ring (bicyclic) bond motifs is 2. The minimum Gasteiger partial charge on any atom is -0.476 e. The van der Waals surface area contributed by atoms with Crippen LogP contribution in [0.3, 0.4) is 0 Å². The minimum absolute atomic E-state index is 0.0844. The molecular formula is C33H40FN7O3. The molecule has 1 aromatic carbocycles. The maximum Gasteiger partial charge on any atom is 0.282 e. The summed E-state index contributed by atoms with van der Waals surface area (Å²) in [6.45, 7) is 7.25. The van der Waals surface area contributed by atoms with Crippen LogP contribution in [-0.2, 0) is 29.0 Å². The summed E-state index contributed by atoms with van der Waals surface area (Å²) in [6, 6.07) is 10.3. The number of amides is 2. The second kappa shape index (κ2) is 12.4. The molecule has 2 saturated heterocycles. The number of pyridine rings is 1. The van der Waals surface area contributed by atoms with Crippen LogP contribution in [0.1, 0.15) is 42.4 Å². The van der Waals surface area contributed by atoms with Crippen LogP contribution in [0, 0.1) is 11.3 Å². The second-order valence-corrected chi connectivity index (χ2v) is 12.3. The largest absolute Gasteiger partial charge is 0.476 e. The van der Waals surface area contributed by atoms with Crippen molar-refractivity contribution in [3.8, 4) is 11.9 Å². The average molecular weight is 602 g/mol. The molecular weight excluding hydrogens is 561 g/mol. The standard InChI is InChI=1S/C33H40FN7O3/c1-22(34)33(43)41-17-16-40(20-25(41)11-13-35)32-27-12-15-39(28-8-4-6-23-9-10-30(42)38(3)31(23)28)19-24(27)18-29(36-32)44-21-26-7-5-14-37(26)2/h4,6,8,18,25-26H,1,5,7,9-12,14-17,19-21H2,2-3H3/t25-,26-/m0/s1. The highest BCUT2D eigenvalue weighted by Gasteiger charge is 2.35. The highest BCUT2D eigenvalue weighted by Crippen LogP contribution is 2.40. The van der Waals surface area contributed by atoms with E-state index in [1.165, 1.54) is 10.5 Å². The van der Waals surface area contributed by atoms with E-state index in [4.69, 9.17) is 9.72 Å². The molecule has 11 heteroatoms. The Hall–Kier alpha value is -4.17. The molecule has 0 unspecified atom stereocenters. The predicted molar refractivity (Wildman–Crippen MR) is 167 cm³/mol. The van der Waals surface area contributed by atoms with Gasteiger partial charge < -0.3 is 29.2 Å². The lowest BCUT2D eigenvalue weighted by Gasteiger charge is -2.42. The summed E-state index contributed by atoms with van der Waals surface area (Å²) >= 11 is 0. The fourth-order valence-electron chi connectivity index (χ4n) is 7.15. The van der Waals surface area contributed by atoms with Gasteiger partial charge in [-0.15, -0.1) is 0 Å². The van der Waals surface area contributed by atoms with E-state index in [0.29, 0.717) is 44.6 Å². The number of carbonyl (C=O) groups is 2. The molecule has 5 heterocycles. The number of likely N-dealkylation sites (N-methyl/N-ethyl adjacent to an activating group) is 1. The lowest BCUT2D eigenvalue weighted by Crippen LogP contribution is -2.55. The van der Waals surface area contributed by atoms with Gasteiger partial charge in [-0.05, 0) is 56.5 Å². The van der Waals surface area contributed by atoms with E-state index in [1.54, 1.807) is 4.90 Å². The molecule has 10 nitrogen and oxygen atoms in total. The number of hydrogen-bond acceptors (Lipinski definition) is 8. The number of ether oxygens (including phenoxy) is 1. The van der Waals surface area contributed by atoms with Crippen LogP contribution in [0.15, 0.2) is 36.7 Å². The smallest absolute Gasteiger partial charge is 0.282 e. The number of halogens is 1. The van der Waals surface area contributed by atoms with Gasteiger partial charge in [0.25, 0.3) is 5.91 Å². The van der Waals surface area contributed by atoms with E-state index in [1.807, 2.05) is 13.1 Å². The Morgan fingerprint density at radius 1 is 1.11 bits per heavy atom.